The van der Waals surface area contributed by atoms with Crippen molar-refractivity contribution in [2.24, 2.45) is 0 Å². The molecule has 0 aromatic carbocycles. The molecule has 1 aliphatic heterocycles. The number of fused-ring (bicyclic) bond motifs is 3. The van der Waals surface area contributed by atoms with Gasteiger partial charge in [-0.3, -0.25) is 9.89 Å². The number of ketones is 1. The molecule has 0 atom stereocenters. The summed E-state index contributed by atoms with van der Waals surface area (Å²) >= 11 is 1.46. The molecule has 3 N–H and O–H groups in total. The lowest BCUT2D eigenvalue weighted by molar-refractivity contribution is -0.0649. The summed E-state index contributed by atoms with van der Waals surface area (Å²) in [4.78, 5) is 28.9. The number of nitrogen functional groups attached to an aromatic ring is 1. The number of nitrogens with one attached hydrogen (secondary N) is 1. The zero-order valence-corrected chi connectivity index (χ0v) is 23.7. The van der Waals surface area contributed by atoms with Gasteiger partial charge in [0.15, 0.2) is 5.78 Å². The van der Waals surface area contributed by atoms with Gasteiger partial charge in [0.25, 0.3) is 0 Å². The van der Waals surface area contributed by atoms with Crippen molar-refractivity contribution in [1.82, 2.24) is 30.0 Å². The normalized spacial score (nSPS) is 21.2. The van der Waals surface area contributed by atoms with Crippen molar-refractivity contribution in [3.63, 3.8) is 0 Å². The molecule has 0 spiro atoms. The number of H-pyrrole nitrogens is 1. The van der Waals surface area contributed by atoms with Crippen LogP contribution in [0.3, 0.4) is 0 Å². The molecule has 1 saturated heterocycles. The zero-order valence-electron chi connectivity index (χ0n) is 22.9. The van der Waals surface area contributed by atoms with E-state index < -0.39 is 5.92 Å². The van der Waals surface area contributed by atoms with E-state index in [2.05, 4.69) is 43.9 Å². The van der Waals surface area contributed by atoms with Gasteiger partial charge in [0.1, 0.15) is 16.4 Å². The molecule has 3 aliphatic rings. The second-order valence-electron chi connectivity index (χ2n) is 12.0. The van der Waals surface area contributed by atoms with E-state index in [9.17, 15) is 13.6 Å². The van der Waals surface area contributed by atoms with Crippen LogP contribution >= 0.6 is 11.3 Å². The van der Waals surface area contributed by atoms with Crippen LogP contribution < -0.4 is 5.73 Å². The predicted molar refractivity (Wildman–Crippen MR) is 147 cm³/mol. The van der Waals surface area contributed by atoms with E-state index >= 15 is 0 Å². The first-order chi connectivity index (χ1) is 19.1. The van der Waals surface area contributed by atoms with Crippen LogP contribution in [-0.4, -0.2) is 67.0 Å². The van der Waals surface area contributed by atoms with Crippen LogP contribution in [0.4, 0.5) is 14.7 Å². The number of carbonyl (C=O) groups is 1. The van der Waals surface area contributed by atoms with Gasteiger partial charge in [-0.2, -0.15) is 5.10 Å². The predicted octanol–water partition coefficient (Wildman–Crippen LogP) is 4.72. The second kappa shape index (κ2) is 10.5. The maximum Gasteiger partial charge on any atom is 0.248 e. The molecule has 2 aliphatic carbocycles. The van der Waals surface area contributed by atoms with Gasteiger partial charge < -0.3 is 15.4 Å². The number of likely N-dealkylation sites (tertiary alicyclic amines) is 1. The monoisotopic (exact) mass is 571 g/mol. The number of carbonyl (C=O) groups excluding carboxylic acids is 1. The number of ether oxygens (including phenoxy) is 1. The number of piperidine rings is 1. The lowest BCUT2D eigenvalue weighted by Crippen LogP contribution is -2.46. The molecule has 3 aromatic heterocycles. The molecule has 3 aromatic rings. The highest BCUT2D eigenvalue weighted by Gasteiger charge is 2.39. The van der Waals surface area contributed by atoms with Crippen LogP contribution in [0.1, 0.15) is 84.7 Å². The number of halogens is 2. The second-order valence-corrected chi connectivity index (χ2v) is 12.9. The number of nitrogens with two attached hydrogens (primary N) is 1. The van der Waals surface area contributed by atoms with E-state index in [0.717, 1.165) is 47.8 Å². The molecule has 214 valence electrons. The number of alkyl halides is 2. The summed E-state index contributed by atoms with van der Waals surface area (Å²) in [5, 5.41) is 10.1. The third kappa shape index (κ3) is 5.53. The standard InChI is InChI=1S/C28H35F2N7O2S/c1-27(2)12-16-13-32-26(31)34-23(16)25-22(27)24(35-36-25)20(38)11-21-33-17(15-40-21)14-39-19-5-9-37(10-6-19)18-3-7-28(29,30)8-4-18/h13,15,18-19H,3-12,14H2,1-2H3,(H,35,36)(H2,31,32,34). The van der Waals surface area contributed by atoms with Gasteiger partial charge in [-0.15, -0.1) is 11.3 Å². The van der Waals surface area contributed by atoms with Gasteiger partial charge in [0.2, 0.25) is 11.9 Å². The highest BCUT2D eigenvalue weighted by Crippen LogP contribution is 2.43. The van der Waals surface area contributed by atoms with Crippen molar-refractivity contribution in [3.05, 3.63) is 39.1 Å². The Balaban J connectivity index is 1.04. The van der Waals surface area contributed by atoms with Crippen LogP contribution in [0.5, 0.6) is 0 Å². The Morgan fingerprint density at radius 1 is 1.18 bits per heavy atom. The first-order valence-corrected chi connectivity index (χ1v) is 14.9. The largest absolute Gasteiger partial charge is 0.372 e. The van der Waals surface area contributed by atoms with Gasteiger partial charge in [-0.25, -0.2) is 23.7 Å². The maximum absolute atomic E-state index is 13.5. The third-order valence-corrected chi connectivity index (χ3v) is 9.42. The SMILES string of the molecule is CC1(C)Cc2cnc(N)nc2-c2n[nH]c(C(=O)Cc3nc(COC4CCN(C5CCC(F)(F)CC5)CC4)cs3)c21. The minimum absolute atomic E-state index is 0.00136. The van der Waals surface area contributed by atoms with E-state index in [1.54, 1.807) is 6.20 Å². The molecule has 0 radical (unpaired) electrons. The Bertz CT molecular complexity index is 1390. The topological polar surface area (TPSA) is 123 Å². The molecule has 0 amide bonds. The summed E-state index contributed by atoms with van der Waals surface area (Å²) in [5.41, 5.74) is 9.97. The van der Waals surface area contributed by atoms with E-state index in [0.29, 0.717) is 43.0 Å². The van der Waals surface area contributed by atoms with E-state index in [4.69, 9.17) is 10.5 Å². The summed E-state index contributed by atoms with van der Waals surface area (Å²) < 4.78 is 33.1. The van der Waals surface area contributed by atoms with Gasteiger partial charge in [0.05, 0.1) is 30.5 Å². The smallest absolute Gasteiger partial charge is 0.248 e. The molecule has 4 heterocycles. The summed E-state index contributed by atoms with van der Waals surface area (Å²) in [7, 11) is 0. The molecule has 6 rings (SSSR count). The lowest BCUT2D eigenvalue weighted by atomic mass is 9.73. The van der Waals surface area contributed by atoms with Crippen molar-refractivity contribution in [2.45, 2.75) is 95.3 Å². The van der Waals surface area contributed by atoms with Gasteiger partial charge in [0, 0.05) is 49.1 Å². The zero-order chi connectivity index (χ0) is 28.1. The molecular weight excluding hydrogens is 536 g/mol. The first kappa shape index (κ1) is 27.3. The summed E-state index contributed by atoms with van der Waals surface area (Å²) in [6.45, 7) is 6.34. The maximum atomic E-state index is 13.5. The van der Waals surface area contributed by atoms with Crippen molar-refractivity contribution < 1.29 is 18.3 Å². The molecule has 2 fully saturated rings. The average Bonchev–Trinajstić information content (AvgIpc) is 3.57. The molecule has 9 nitrogen and oxygen atoms in total. The van der Waals surface area contributed by atoms with Crippen LogP contribution in [0.2, 0.25) is 0 Å². The third-order valence-electron chi connectivity index (χ3n) is 8.52. The molecule has 1 saturated carbocycles. The molecule has 12 heteroatoms. The Morgan fingerprint density at radius 2 is 1.93 bits per heavy atom. The van der Waals surface area contributed by atoms with Crippen LogP contribution in [0.15, 0.2) is 11.6 Å². The number of hydrogen-bond acceptors (Lipinski definition) is 9. The molecule has 0 bridgehead atoms. The minimum atomic E-state index is -2.49. The highest BCUT2D eigenvalue weighted by molar-refractivity contribution is 7.09. The van der Waals surface area contributed by atoms with Crippen molar-refractivity contribution in [3.8, 4) is 11.4 Å². The van der Waals surface area contributed by atoms with Crippen molar-refractivity contribution in [2.75, 3.05) is 18.8 Å². The fourth-order valence-corrected chi connectivity index (χ4v) is 7.19. The highest BCUT2D eigenvalue weighted by atomic mass is 32.1. The van der Waals surface area contributed by atoms with Crippen molar-refractivity contribution >= 4 is 23.1 Å². The lowest BCUT2D eigenvalue weighted by Gasteiger charge is -2.40. The Kier molecular flexibility index (Phi) is 7.20. The molecular formula is C28H35F2N7O2S. The quantitative estimate of drug-likeness (QED) is 0.391. The summed E-state index contributed by atoms with van der Waals surface area (Å²) in [6, 6.07) is 0.270. The minimum Gasteiger partial charge on any atom is -0.372 e. The number of aromatic amines is 1. The fourth-order valence-electron chi connectivity index (χ4n) is 6.42. The number of hydrogen-bond donors (Lipinski definition) is 2. The van der Waals surface area contributed by atoms with Gasteiger partial charge >= 0.3 is 0 Å². The number of thiazole rings is 1. The van der Waals surface area contributed by atoms with E-state index in [-0.39, 0.29) is 48.6 Å². The fraction of sp³-hybridized carbons (Fsp3) is 0.607. The Morgan fingerprint density at radius 3 is 2.67 bits per heavy atom. The number of aromatic nitrogens is 5. The Labute approximate surface area is 235 Å². The number of rotatable bonds is 7. The molecule has 0 unspecified atom stereocenters. The number of anilines is 1. The molecule has 40 heavy (non-hydrogen) atoms. The van der Waals surface area contributed by atoms with E-state index in [1.807, 2.05) is 5.38 Å². The van der Waals surface area contributed by atoms with E-state index in [1.165, 1.54) is 11.3 Å². The summed E-state index contributed by atoms with van der Waals surface area (Å²) in [5.74, 6) is -2.37. The summed E-state index contributed by atoms with van der Waals surface area (Å²) in [6.07, 6.45) is 5.67. The first-order valence-electron chi connectivity index (χ1n) is 14.0. The van der Waals surface area contributed by atoms with Gasteiger partial charge in [-0.05, 0) is 43.1 Å². The number of nitrogens with zero attached hydrogens (tertiary/aromatic N) is 5. The van der Waals surface area contributed by atoms with Crippen LogP contribution in [-0.2, 0) is 29.6 Å². The van der Waals surface area contributed by atoms with Crippen molar-refractivity contribution in [1.29, 1.82) is 0 Å². The average molecular weight is 572 g/mol. The Hall–Kier alpha value is -2.83. The van der Waals surface area contributed by atoms with Crippen LogP contribution in [0, 0.1) is 0 Å². The van der Waals surface area contributed by atoms with Gasteiger partial charge in [-0.1, -0.05) is 13.8 Å². The van der Waals surface area contributed by atoms with Crippen LogP contribution in [0.25, 0.3) is 11.4 Å². The number of Topliss-reactive ketones (excluding diaryl/α,β-unsaturated/α-hetero) is 1.